The molecule has 0 spiro atoms. The van der Waals surface area contributed by atoms with Crippen LogP contribution in [-0.4, -0.2) is 69.1 Å². The van der Waals surface area contributed by atoms with Crippen molar-refractivity contribution < 1.29 is 14.2 Å². The molecule has 6 heteroatoms. The molecule has 2 aliphatic rings. The molecule has 1 aromatic rings. The minimum atomic E-state index is 0.156. The number of aryl methyl sites for hydroxylation is 1. The molecule has 2 saturated heterocycles. The highest BCUT2D eigenvalue weighted by Gasteiger charge is 2.32. The quantitative estimate of drug-likeness (QED) is 0.421. The van der Waals surface area contributed by atoms with E-state index in [9.17, 15) is 0 Å². The predicted molar refractivity (Wildman–Crippen MR) is 112 cm³/mol. The van der Waals surface area contributed by atoms with Crippen LogP contribution in [0.4, 0.5) is 0 Å². The first-order valence-electron chi connectivity index (χ1n) is 10.7. The summed E-state index contributed by atoms with van der Waals surface area (Å²) in [6.45, 7) is 9.94. The third kappa shape index (κ3) is 6.38. The minimum absolute atomic E-state index is 0.156. The molecule has 28 heavy (non-hydrogen) atoms. The highest BCUT2D eigenvalue weighted by Crippen LogP contribution is 2.21. The smallest absolute Gasteiger partial charge is 0.194 e. The molecule has 0 aliphatic carbocycles. The van der Waals surface area contributed by atoms with Crippen LogP contribution in [0.2, 0.25) is 0 Å². The Hall–Kier alpha value is -1.79. The van der Waals surface area contributed by atoms with E-state index < -0.39 is 0 Å². The molecular weight excluding hydrogens is 354 g/mol. The van der Waals surface area contributed by atoms with E-state index >= 15 is 0 Å². The molecule has 2 unspecified atom stereocenters. The van der Waals surface area contributed by atoms with Crippen LogP contribution in [0.5, 0.6) is 5.75 Å². The monoisotopic (exact) mass is 389 g/mol. The summed E-state index contributed by atoms with van der Waals surface area (Å²) < 4.78 is 17.6. The van der Waals surface area contributed by atoms with Gasteiger partial charge in [0.2, 0.25) is 0 Å². The van der Waals surface area contributed by atoms with E-state index in [1.807, 2.05) is 12.1 Å². The van der Waals surface area contributed by atoms with E-state index in [-0.39, 0.29) is 12.2 Å². The molecule has 2 aliphatic heterocycles. The molecule has 0 saturated carbocycles. The first-order valence-corrected chi connectivity index (χ1v) is 10.7. The van der Waals surface area contributed by atoms with Gasteiger partial charge in [0.25, 0.3) is 0 Å². The second-order valence-corrected chi connectivity index (χ2v) is 7.51. The first-order chi connectivity index (χ1) is 13.8. The summed E-state index contributed by atoms with van der Waals surface area (Å²) >= 11 is 0. The highest BCUT2D eigenvalue weighted by atomic mass is 16.5. The van der Waals surface area contributed by atoms with Crippen molar-refractivity contribution in [2.45, 2.75) is 51.7 Å². The number of aliphatic imine (C=N–C) groups is 1. The number of nitrogens with zero attached hydrogens (tertiary/aromatic N) is 2. The molecule has 1 N–H and O–H groups in total. The summed E-state index contributed by atoms with van der Waals surface area (Å²) in [7, 11) is 0. The van der Waals surface area contributed by atoms with Gasteiger partial charge in [-0.15, -0.1) is 0 Å². The third-order valence-corrected chi connectivity index (χ3v) is 5.21. The van der Waals surface area contributed by atoms with Crippen molar-refractivity contribution in [1.29, 1.82) is 0 Å². The molecule has 2 heterocycles. The number of benzene rings is 1. The zero-order valence-electron chi connectivity index (χ0n) is 17.4. The average Bonchev–Trinajstić information content (AvgIpc) is 3.26. The van der Waals surface area contributed by atoms with Crippen LogP contribution in [0, 0.1) is 6.92 Å². The fraction of sp³-hybridized carbons (Fsp3) is 0.682. The number of ether oxygens (including phenoxy) is 3. The van der Waals surface area contributed by atoms with Gasteiger partial charge in [-0.3, -0.25) is 4.99 Å². The lowest BCUT2D eigenvalue weighted by atomic mass is 10.1. The van der Waals surface area contributed by atoms with Gasteiger partial charge in [0.05, 0.1) is 19.3 Å². The van der Waals surface area contributed by atoms with Crippen LogP contribution < -0.4 is 10.1 Å². The number of guanidine groups is 1. The van der Waals surface area contributed by atoms with E-state index in [2.05, 4.69) is 36.2 Å². The first kappa shape index (κ1) is 20.9. The maximum Gasteiger partial charge on any atom is 0.194 e. The number of nitrogens with one attached hydrogen (secondary N) is 1. The Morgan fingerprint density at radius 1 is 1.18 bits per heavy atom. The summed E-state index contributed by atoms with van der Waals surface area (Å²) in [6.07, 6.45) is 4.66. The summed E-state index contributed by atoms with van der Waals surface area (Å²) in [4.78, 5) is 7.16. The van der Waals surface area contributed by atoms with Crippen LogP contribution >= 0.6 is 0 Å². The summed E-state index contributed by atoms with van der Waals surface area (Å²) in [5.41, 5.74) is 1.25. The maximum absolute atomic E-state index is 5.96. The van der Waals surface area contributed by atoms with E-state index in [0.29, 0.717) is 0 Å². The Morgan fingerprint density at radius 3 is 2.75 bits per heavy atom. The van der Waals surface area contributed by atoms with E-state index in [4.69, 9.17) is 19.2 Å². The van der Waals surface area contributed by atoms with E-state index in [1.54, 1.807) is 0 Å². The van der Waals surface area contributed by atoms with E-state index in [1.165, 1.54) is 5.56 Å². The minimum Gasteiger partial charge on any atom is -0.494 e. The lowest BCUT2D eigenvalue weighted by Gasteiger charge is -2.37. The molecule has 2 atom stereocenters. The lowest BCUT2D eigenvalue weighted by Crippen LogP contribution is -2.53. The van der Waals surface area contributed by atoms with Gasteiger partial charge in [-0.05, 0) is 51.7 Å². The van der Waals surface area contributed by atoms with Gasteiger partial charge in [0.1, 0.15) is 11.9 Å². The normalized spacial score (nSPS) is 23.1. The van der Waals surface area contributed by atoms with Gasteiger partial charge in [-0.1, -0.05) is 17.7 Å². The second kappa shape index (κ2) is 11.3. The molecule has 0 bridgehead atoms. The lowest BCUT2D eigenvalue weighted by molar-refractivity contribution is -0.0817. The van der Waals surface area contributed by atoms with Crippen molar-refractivity contribution in [2.24, 2.45) is 4.99 Å². The molecule has 0 amide bonds. The Balaban J connectivity index is 1.41. The van der Waals surface area contributed by atoms with Crippen LogP contribution in [0.25, 0.3) is 0 Å². The van der Waals surface area contributed by atoms with Gasteiger partial charge in [0.15, 0.2) is 5.96 Å². The summed E-state index contributed by atoms with van der Waals surface area (Å²) in [5, 5.41) is 3.43. The number of rotatable bonds is 8. The van der Waals surface area contributed by atoms with Gasteiger partial charge in [0, 0.05) is 32.8 Å². The van der Waals surface area contributed by atoms with Crippen LogP contribution in [0.3, 0.4) is 0 Å². The zero-order chi connectivity index (χ0) is 19.6. The Morgan fingerprint density at radius 2 is 2.00 bits per heavy atom. The van der Waals surface area contributed by atoms with Gasteiger partial charge < -0.3 is 24.4 Å². The number of morpholine rings is 1. The third-order valence-electron chi connectivity index (χ3n) is 5.21. The predicted octanol–water partition coefficient (Wildman–Crippen LogP) is 3.00. The topological polar surface area (TPSA) is 55.3 Å². The van der Waals surface area contributed by atoms with Crippen LogP contribution in [0.15, 0.2) is 29.3 Å². The van der Waals surface area contributed by atoms with Crippen molar-refractivity contribution in [3.8, 4) is 5.75 Å². The molecule has 2 fully saturated rings. The van der Waals surface area contributed by atoms with Gasteiger partial charge in [-0.2, -0.15) is 0 Å². The van der Waals surface area contributed by atoms with Crippen molar-refractivity contribution in [3.05, 3.63) is 29.8 Å². The zero-order valence-corrected chi connectivity index (χ0v) is 17.4. The van der Waals surface area contributed by atoms with Crippen LogP contribution in [0.1, 0.15) is 38.2 Å². The fourth-order valence-electron chi connectivity index (χ4n) is 3.64. The molecule has 0 radical (unpaired) electrons. The standard InChI is InChI=1S/C22H35N3O3/c1-3-23-22(25-13-16-28-21(17-25)20-7-6-15-27-20)24-12-4-5-14-26-19-10-8-18(2)9-11-19/h8-11,20-21H,3-7,12-17H2,1-2H3,(H,23,24). The molecule has 6 nitrogen and oxygen atoms in total. The summed E-state index contributed by atoms with van der Waals surface area (Å²) in [5.74, 6) is 1.93. The fourth-order valence-corrected chi connectivity index (χ4v) is 3.64. The van der Waals surface area contributed by atoms with Gasteiger partial charge in [-0.25, -0.2) is 0 Å². The molecule has 3 rings (SSSR count). The van der Waals surface area contributed by atoms with Crippen molar-refractivity contribution >= 4 is 5.96 Å². The molecular formula is C22H35N3O3. The Labute approximate surface area is 169 Å². The van der Waals surface area contributed by atoms with Crippen LogP contribution in [-0.2, 0) is 9.47 Å². The summed E-state index contributed by atoms with van der Waals surface area (Å²) in [6, 6.07) is 8.21. The second-order valence-electron chi connectivity index (χ2n) is 7.51. The highest BCUT2D eigenvalue weighted by molar-refractivity contribution is 5.80. The van der Waals surface area contributed by atoms with Gasteiger partial charge >= 0.3 is 0 Å². The Bertz CT molecular complexity index is 600. The molecule has 156 valence electrons. The SMILES string of the molecule is CCNC(=NCCCCOc1ccc(C)cc1)N1CCOC(C2CCCO2)C1. The largest absolute Gasteiger partial charge is 0.494 e. The van der Waals surface area contributed by atoms with Crippen molar-refractivity contribution in [3.63, 3.8) is 0 Å². The number of hydrogen-bond acceptors (Lipinski definition) is 4. The number of unbranched alkanes of at least 4 members (excludes halogenated alkanes) is 1. The maximum atomic E-state index is 5.96. The van der Waals surface area contributed by atoms with E-state index in [0.717, 1.165) is 83.4 Å². The molecule has 0 aromatic heterocycles. The van der Waals surface area contributed by atoms with Crippen molar-refractivity contribution in [1.82, 2.24) is 10.2 Å². The Kier molecular flexibility index (Phi) is 8.42. The molecule has 1 aromatic carbocycles. The van der Waals surface area contributed by atoms with Crippen molar-refractivity contribution in [2.75, 3.05) is 46.0 Å². The average molecular weight is 390 g/mol. The number of hydrogen-bond donors (Lipinski definition) is 1.